The lowest BCUT2D eigenvalue weighted by Crippen LogP contribution is -2.30. The van der Waals surface area contributed by atoms with Crippen LogP contribution in [0, 0.1) is 5.92 Å². The predicted octanol–water partition coefficient (Wildman–Crippen LogP) is 5.69. The van der Waals surface area contributed by atoms with Gasteiger partial charge in [0.25, 0.3) is 0 Å². The van der Waals surface area contributed by atoms with Crippen LogP contribution in [0.4, 0.5) is 17.2 Å². The minimum absolute atomic E-state index is 0.235. The number of hydrogen-bond donors (Lipinski definition) is 2. The number of esters is 1. The number of ether oxygens (including phenoxy) is 2. The molecule has 1 aromatic heterocycles. The van der Waals surface area contributed by atoms with Gasteiger partial charge < -0.3 is 25.0 Å². The first-order valence-electron chi connectivity index (χ1n) is 13.2. The Morgan fingerprint density at radius 2 is 1.97 bits per heavy atom. The molecule has 2 aromatic carbocycles. The number of carbonyl (C=O) groups is 2. The van der Waals surface area contributed by atoms with E-state index in [9.17, 15) is 9.59 Å². The van der Waals surface area contributed by atoms with Crippen molar-refractivity contribution in [1.29, 1.82) is 0 Å². The zero-order valence-electron chi connectivity index (χ0n) is 22.3. The number of nitrogens with one attached hydrogen (secondary N) is 2. The fraction of sp³-hybridized carbons (Fsp3) is 0.379. The standard InChI is InChI=1S/C29H34BrN5O4/c1-3-38-28(37)10-9-27(36)34-25-17-23-24(31-19-32-29(23)33-22-8-4-7-21(30)16-22)18-26(25)39-15-5-6-20-11-13-35(2)14-12-20/h4,7-10,16-20H,3,5-6,11-15H2,1-2H3,(H,34,36)(H,31,32,33)/b10-9+. The molecule has 1 saturated heterocycles. The largest absolute Gasteiger partial charge is 0.491 e. The molecule has 0 bridgehead atoms. The van der Waals surface area contributed by atoms with E-state index in [0.29, 0.717) is 40.7 Å². The second-order valence-corrected chi connectivity index (χ2v) is 10.5. The Labute approximate surface area is 237 Å². The summed E-state index contributed by atoms with van der Waals surface area (Å²) in [7, 11) is 2.17. The van der Waals surface area contributed by atoms with Gasteiger partial charge in [-0.05, 0) is 82.9 Å². The van der Waals surface area contributed by atoms with Gasteiger partial charge in [0.1, 0.15) is 17.9 Å². The molecule has 0 spiro atoms. The molecule has 1 aliphatic heterocycles. The zero-order chi connectivity index (χ0) is 27.6. The molecule has 39 heavy (non-hydrogen) atoms. The number of fused-ring (bicyclic) bond motifs is 1. The number of nitrogens with zero attached hydrogens (tertiary/aromatic N) is 3. The van der Waals surface area contributed by atoms with Crippen LogP contribution < -0.4 is 15.4 Å². The number of rotatable bonds is 11. The molecular weight excluding hydrogens is 562 g/mol. The van der Waals surface area contributed by atoms with Crippen LogP contribution in [0.25, 0.3) is 10.9 Å². The first-order chi connectivity index (χ1) is 18.9. The van der Waals surface area contributed by atoms with Crippen molar-refractivity contribution in [1.82, 2.24) is 14.9 Å². The van der Waals surface area contributed by atoms with Crippen molar-refractivity contribution in [3.05, 3.63) is 59.4 Å². The summed E-state index contributed by atoms with van der Waals surface area (Å²) in [5.74, 6) is 0.760. The molecule has 1 aliphatic rings. The monoisotopic (exact) mass is 595 g/mol. The van der Waals surface area contributed by atoms with Crippen LogP contribution in [-0.4, -0.2) is 60.1 Å². The molecule has 0 saturated carbocycles. The summed E-state index contributed by atoms with van der Waals surface area (Å²) in [5, 5.41) is 6.87. The lowest BCUT2D eigenvalue weighted by molar-refractivity contribution is -0.137. The van der Waals surface area contributed by atoms with Gasteiger partial charge in [-0.3, -0.25) is 4.79 Å². The highest BCUT2D eigenvalue weighted by atomic mass is 79.9. The van der Waals surface area contributed by atoms with Crippen molar-refractivity contribution in [3.8, 4) is 5.75 Å². The third-order valence-corrected chi connectivity index (χ3v) is 7.08. The number of halogens is 1. The number of piperidine rings is 1. The van der Waals surface area contributed by atoms with E-state index in [0.717, 1.165) is 48.2 Å². The molecule has 206 valence electrons. The molecule has 0 unspecified atom stereocenters. The number of aromatic nitrogens is 2. The molecule has 0 radical (unpaired) electrons. The third kappa shape index (κ3) is 8.49. The van der Waals surface area contributed by atoms with Gasteiger partial charge in [0.15, 0.2) is 0 Å². The predicted molar refractivity (Wildman–Crippen MR) is 156 cm³/mol. The maximum atomic E-state index is 12.7. The summed E-state index contributed by atoms with van der Waals surface area (Å²) in [6.07, 6.45) is 8.19. The quantitative estimate of drug-likeness (QED) is 0.165. The van der Waals surface area contributed by atoms with Gasteiger partial charge in [-0.15, -0.1) is 0 Å². The average Bonchev–Trinajstić information content (AvgIpc) is 2.92. The Bertz CT molecular complexity index is 1320. The first kappa shape index (κ1) is 28.5. The highest BCUT2D eigenvalue weighted by Gasteiger charge is 2.17. The van der Waals surface area contributed by atoms with E-state index in [1.807, 2.05) is 30.3 Å². The summed E-state index contributed by atoms with van der Waals surface area (Å²) in [6.45, 7) is 4.74. The van der Waals surface area contributed by atoms with Crippen molar-refractivity contribution in [2.75, 3.05) is 44.0 Å². The Hall–Kier alpha value is -3.50. The van der Waals surface area contributed by atoms with Gasteiger partial charge in [0.05, 0.1) is 24.4 Å². The Morgan fingerprint density at radius 3 is 2.74 bits per heavy atom. The average molecular weight is 597 g/mol. The molecule has 0 aliphatic carbocycles. The lowest BCUT2D eigenvalue weighted by Gasteiger charge is -2.28. The molecule has 2 heterocycles. The van der Waals surface area contributed by atoms with E-state index in [1.165, 1.54) is 19.2 Å². The maximum Gasteiger partial charge on any atom is 0.330 e. The molecule has 3 aromatic rings. The second-order valence-electron chi connectivity index (χ2n) is 9.54. The Kier molecular flexibility index (Phi) is 10.3. The summed E-state index contributed by atoms with van der Waals surface area (Å²) in [6, 6.07) is 11.3. The number of hydrogen-bond acceptors (Lipinski definition) is 8. The Morgan fingerprint density at radius 1 is 1.15 bits per heavy atom. The number of carbonyl (C=O) groups excluding carboxylic acids is 2. The van der Waals surface area contributed by atoms with Crippen LogP contribution in [0.3, 0.4) is 0 Å². The van der Waals surface area contributed by atoms with E-state index >= 15 is 0 Å². The summed E-state index contributed by atoms with van der Waals surface area (Å²) in [4.78, 5) is 35.6. The van der Waals surface area contributed by atoms with Crippen LogP contribution in [0.15, 0.2) is 59.4 Å². The lowest BCUT2D eigenvalue weighted by atomic mass is 9.93. The van der Waals surface area contributed by atoms with E-state index in [-0.39, 0.29) is 6.61 Å². The van der Waals surface area contributed by atoms with Gasteiger partial charge in [-0.1, -0.05) is 22.0 Å². The van der Waals surface area contributed by atoms with E-state index in [1.54, 1.807) is 13.0 Å². The normalized spacial score (nSPS) is 14.4. The summed E-state index contributed by atoms with van der Waals surface area (Å²) >= 11 is 3.49. The van der Waals surface area contributed by atoms with Gasteiger partial charge in [-0.25, -0.2) is 14.8 Å². The number of amides is 1. The summed E-state index contributed by atoms with van der Waals surface area (Å²) < 4.78 is 12.0. The van der Waals surface area contributed by atoms with Crippen molar-refractivity contribution < 1.29 is 19.1 Å². The van der Waals surface area contributed by atoms with Crippen molar-refractivity contribution in [3.63, 3.8) is 0 Å². The van der Waals surface area contributed by atoms with Gasteiger partial charge in [-0.2, -0.15) is 0 Å². The van der Waals surface area contributed by atoms with Crippen molar-refractivity contribution in [2.24, 2.45) is 5.92 Å². The molecule has 10 heteroatoms. The number of likely N-dealkylation sites (tertiary alicyclic amines) is 1. The Balaban J connectivity index is 1.54. The molecule has 4 rings (SSSR count). The molecule has 1 fully saturated rings. The van der Waals surface area contributed by atoms with Gasteiger partial charge in [0.2, 0.25) is 5.91 Å². The van der Waals surface area contributed by atoms with E-state index < -0.39 is 11.9 Å². The van der Waals surface area contributed by atoms with Crippen LogP contribution >= 0.6 is 15.9 Å². The smallest absolute Gasteiger partial charge is 0.330 e. The molecule has 0 atom stereocenters. The highest BCUT2D eigenvalue weighted by Crippen LogP contribution is 2.34. The van der Waals surface area contributed by atoms with E-state index in [2.05, 4.69) is 48.5 Å². The van der Waals surface area contributed by atoms with Crippen LogP contribution in [0.5, 0.6) is 5.75 Å². The maximum absolute atomic E-state index is 12.7. The summed E-state index contributed by atoms with van der Waals surface area (Å²) in [5.41, 5.74) is 1.99. The fourth-order valence-corrected chi connectivity index (χ4v) is 4.92. The minimum atomic E-state index is -0.578. The molecule has 9 nitrogen and oxygen atoms in total. The van der Waals surface area contributed by atoms with Crippen LogP contribution in [0.2, 0.25) is 0 Å². The minimum Gasteiger partial charge on any atom is -0.491 e. The van der Waals surface area contributed by atoms with Crippen LogP contribution in [-0.2, 0) is 14.3 Å². The van der Waals surface area contributed by atoms with Crippen molar-refractivity contribution >= 4 is 55.9 Å². The number of benzene rings is 2. The molecule has 1 amide bonds. The third-order valence-electron chi connectivity index (χ3n) is 6.59. The van der Waals surface area contributed by atoms with Gasteiger partial charge in [0, 0.05) is 33.8 Å². The zero-order valence-corrected chi connectivity index (χ0v) is 23.9. The topological polar surface area (TPSA) is 106 Å². The fourth-order valence-electron chi connectivity index (χ4n) is 4.52. The molecular formula is C29H34BrN5O4. The highest BCUT2D eigenvalue weighted by molar-refractivity contribution is 9.10. The van der Waals surface area contributed by atoms with Gasteiger partial charge >= 0.3 is 5.97 Å². The number of anilines is 3. The first-order valence-corrected chi connectivity index (χ1v) is 14.0. The second kappa shape index (κ2) is 14.0. The van der Waals surface area contributed by atoms with Crippen LogP contribution in [0.1, 0.15) is 32.6 Å². The SMILES string of the molecule is CCOC(=O)/C=C/C(=O)Nc1cc2c(Nc3cccc(Br)c3)ncnc2cc1OCCCC1CCN(C)CC1. The van der Waals surface area contributed by atoms with Crippen molar-refractivity contribution in [2.45, 2.75) is 32.6 Å². The van der Waals surface area contributed by atoms with E-state index in [4.69, 9.17) is 9.47 Å². The molecule has 2 N–H and O–H groups in total.